The lowest BCUT2D eigenvalue weighted by Gasteiger charge is -2.38. The van der Waals surface area contributed by atoms with Crippen molar-refractivity contribution in [3.05, 3.63) is 0 Å². The molecule has 0 saturated heterocycles. The fraction of sp³-hybridized carbons (Fsp3) is 0.923. The van der Waals surface area contributed by atoms with E-state index in [4.69, 9.17) is 5.11 Å². The van der Waals surface area contributed by atoms with Gasteiger partial charge in [-0.15, -0.1) is 0 Å². The zero-order valence-electron chi connectivity index (χ0n) is 13.7. The first-order chi connectivity index (χ1) is 12.4. The van der Waals surface area contributed by atoms with Crippen molar-refractivity contribution in [2.75, 3.05) is 13.2 Å². The summed E-state index contributed by atoms with van der Waals surface area (Å²) in [5, 5.41) is 9.50. The first kappa shape index (κ1) is 26.6. The van der Waals surface area contributed by atoms with Crippen LogP contribution in [0.15, 0.2) is 0 Å². The van der Waals surface area contributed by atoms with E-state index in [1.165, 1.54) is 0 Å². The van der Waals surface area contributed by atoms with Gasteiger partial charge >= 0.3 is 36.0 Å². The van der Waals surface area contributed by atoms with Crippen LogP contribution in [0, 0.1) is 0 Å². The minimum Gasteiger partial charge on any atom is -0.396 e. The van der Waals surface area contributed by atoms with Gasteiger partial charge in [-0.25, -0.2) is 8.78 Å². The van der Waals surface area contributed by atoms with E-state index >= 15 is 0 Å². The Kier molecular flexibility index (Phi) is 8.50. The number of carbonyl (C=O) groups is 1. The number of carbonyl (C=O) groups excluding carboxylic acids is 1. The number of amides is 1. The molecule has 0 aliphatic rings. The maximum atomic E-state index is 13.4. The van der Waals surface area contributed by atoms with Gasteiger partial charge in [-0.2, -0.15) is 43.9 Å². The van der Waals surface area contributed by atoms with Crippen molar-refractivity contribution < 1.29 is 62.6 Å². The molecule has 0 aliphatic heterocycles. The third kappa shape index (κ3) is 4.59. The predicted molar refractivity (Wildman–Crippen MR) is 69.3 cm³/mol. The van der Waals surface area contributed by atoms with E-state index in [0.717, 1.165) is 5.32 Å². The number of aliphatic hydroxyl groups excluding tert-OH is 1. The summed E-state index contributed by atoms with van der Waals surface area (Å²) >= 11 is 0. The Bertz CT molecular complexity index is 524. The van der Waals surface area contributed by atoms with Crippen molar-refractivity contribution in [3.8, 4) is 0 Å². The van der Waals surface area contributed by atoms with Gasteiger partial charge in [-0.1, -0.05) is 12.8 Å². The molecule has 0 radical (unpaired) electrons. The molecule has 0 unspecified atom stereocenters. The van der Waals surface area contributed by atoms with Crippen molar-refractivity contribution in [3.63, 3.8) is 0 Å². The lowest BCUT2D eigenvalue weighted by atomic mass is 9.94. The lowest BCUT2D eigenvalue weighted by molar-refractivity contribution is -0.407. The molecule has 1 amide bonds. The summed E-state index contributed by atoms with van der Waals surface area (Å²) in [6.45, 7) is -1.03. The highest BCUT2D eigenvalue weighted by Crippen LogP contribution is 2.58. The molecule has 0 aromatic carbocycles. The monoisotopic (exact) mass is 445 g/mol. The van der Waals surface area contributed by atoms with E-state index in [0.29, 0.717) is 6.42 Å². The van der Waals surface area contributed by atoms with Crippen molar-refractivity contribution in [2.45, 2.75) is 61.7 Å². The second-order valence-corrected chi connectivity index (χ2v) is 5.61. The number of nitrogens with one attached hydrogen (secondary N) is 1. The molecule has 15 heteroatoms. The normalized spacial score (nSPS) is 14.5. The first-order valence-corrected chi connectivity index (χ1v) is 7.49. The van der Waals surface area contributed by atoms with Gasteiger partial charge in [0.25, 0.3) is 5.91 Å². The quantitative estimate of drug-likeness (QED) is 0.351. The molecule has 0 aromatic rings. The second-order valence-electron chi connectivity index (χ2n) is 5.61. The molecule has 168 valence electrons. The van der Waals surface area contributed by atoms with E-state index < -0.39 is 48.5 Å². The van der Waals surface area contributed by atoms with Crippen LogP contribution in [0.2, 0.25) is 0 Å². The van der Waals surface area contributed by atoms with E-state index in [2.05, 4.69) is 0 Å². The smallest absolute Gasteiger partial charge is 0.392 e. The van der Waals surface area contributed by atoms with Gasteiger partial charge in [0, 0.05) is 13.2 Å². The number of hydrogen-bond donors (Lipinski definition) is 2. The maximum Gasteiger partial charge on any atom is 0.392 e. The zero-order chi connectivity index (χ0) is 22.6. The number of aliphatic hydroxyl groups is 1. The summed E-state index contributed by atoms with van der Waals surface area (Å²) in [5.74, 6) is -39.7. The Morgan fingerprint density at radius 3 is 1.64 bits per heavy atom. The largest absolute Gasteiger partial charge is 0.396 e. The molecule has 2 N–H and O–H groups in total. The number of rotatable bonds is 12. The Labute approximate surface area is 150 Å². The molecule has 3 nitrogen and oxygen atoms in total. The van der Waals surface area contributed by atoms with Gasteiger partial charge < -0.3 is 10.4 Å². The van der Waals surface area contributed by atoms with Crippen LogP contribution in [0.1, 0.15) is 25.7 Å². The van der Waals surface area contributed by atoms with Crippen LogP contribution >= 0.6 is 0 Å². The van der Waals surface area contributed by atoms with E-state index in [1.807, 2.05) is 0 Å². The van der Waals surface area contributed by atoms with Gasteiger partial charge in [-0.3, -0.25) is 4.79 Å². The standard InChI is InChI=1S/C13H15F12NO2/c14-7(15)9(16,17)11(20,21)13(24,25)12(22,23)10(18,19)8(28)26-5-3-1-2-4-6-27/h7,27H,1-6H2,(H,26,28). The number of hydrogen-bond acceptors (Lipinski definition) is 2. The van der Waals surface area contributed by atoms with Crippen LogP contribution in [0.3, 0.4) is 0 Å². The fourth-order valence-electron chi connectivity index (χ4n) is 1.79. The molecule has 0 aliphatic carbocycles. The topological polar surface area (TPSA) is 49.3 Å². The lowest BCUT2D eigenvalue weighted by Crippen LogP contribution is -2.70. The Hall–Kier alpha value is -1.41. The van der Waals surface area contributed by atoms with Crippen molar-refractivity contribution in [1.29, 1.82) is 0 Å². The summed E-state index contributed by atoms with van der Waals surface area (Å²) in [6.07, 6.45) is -5.01. The molecule has 0 atom stereocenters. The number of alkyl halides is 12. The summed E-state index contributed by atoms with van der Waals surface area (Å²) in [5.41, 5.74) is 0. The fourth-order valence-corrected chi connectivity index (χ4v) is 1.79. The highest BCUT2D eigenvalue weighted by Gasteiger charge is 2.89. The Morgan fingerprint density at radius 1 is 0.750 bits per heavy atom. The molecule has 0 rings (SSSR count). The van der Waals surface area contributed by atoms with Crippen LogP contribution in [0.4, 0.5) is 52.7 Å². The van der Waals surface area contributed by atoms with Crippen molar-refractivity contribution in [1.82, 2.24) is 5.32 Å². The molecular formula is C13H15F12NO2. The Morgan fingerprint density at radius 2 is 1.21 bits per heavy atom. The molecule has 0 saturated carbocycles. The molecular weight excluding hydrogens is 430 g/mol. The van der Waals surface area contributed by atoms with Crippen LogP contribution in [-0.2, 0) is 4.79 Å². The minimum absolute atomic E-state index is 0.163. The van der Waals surface area contributed by atoms with Gasteiger partial charge in [0.1, 0.15) is 0 Å². The highest BCUT2D eigenvalue weighted by molar-refractivity contribution is 5.84. The Balaban J connectivity index is 5.48. The second kappa shape index (κ2) is 8.95. The van der Waals surface area contributed by atoms with Crippen LogP contribution < -0.4 is 5.32 Å². The molecule has 0 bridgehead atoms. The average molecular weight is 445 g/mol. The van der Waals surface area contributed by atoms with E-state index in [9.17, 15) is 57.5 Å². The first-order valence-electron chi connectivity index (χ1n) is 7.49. The average Bonchev–Trinajstić information content (AvgIpc) is 2.56. The molecule has 0 fully saturated rings. The minimum atomic E-state index is -7.72. The summed E-state index contributed by atoms with van der Waals surface area (Å²) in [7, 11) is 0. The molecule has 0 heterocycles. The van der Waals surface area contributed by atoms with E-state index in [-0.39, 0.29) is 25.9 Å². The zero-order valence-corrected chi connectivity index (χ0v) is 13.7. The molecule has 0 spiro atoms. The van der Waals surface area contributed by atoms with Crippen LogP contribution in [0.5, 0.6) is 0 Å². The van der Waals surface area contributed by atoms with E-state index in [1.54, 1.807) is 0 Å². The van der Waals surface area contributed by atoms with Gasteiger partial charge in [0.15, 0.2) is 0 Å². The summed E-state index contributed by atoms with van der Waals surface area (Å²) in [4.78, 5) is 11.1. The predicted octanol–water partition coefficient (Wildman–Crippen LogP) is 4.10. The number of unbranched alkanes of at least 4 members (excludes halogenated alkanes) is 3. The van der Waals surface area contributed by atoms with Gasteiger partial charge in [0.2, 0.25) is 0 Å². The van der Waals surface area contributed by atoms with Crippen molar-refractivity contribution in [2.24, 2.45) is 0 Å². The summed E-state index contributed by atoms with van der Waals surface area (Å²) in [6, 6.07) is 0. The maximum absolute atomic E-state index is 13.4. The summed E-state index contributed by atoms with van der Waals surface area (Å²) < 4.78 is 155. The van der Waals surface area contributed by atoms with Crippen LogP contribution in [0.25, 0.3) is 0 Å². The van der Waals surface area contributed by atoms with Gasteiger partial charge in [0.05, 0.1) is 0 Å². The van der Waals surface area contributed by atoms with Crippen molar-refractivity contribution >= 4 is 5.91 Å². The third-order valence-electron chi connectivity index (χ3n) is 3.53. The van der Waals surface area contributed by atoms with Gasteiger partial charge in [-0.05, 0) is 12.8 Å². The molecule has 28 heavy (non-hydrogen) atoms. The SMILES string of the molecule is O=C(NCCCCCCO)C(F)(F)C(F)(F)C(F)(F)C(F)(F)C(F)(F)C(F)F. The molecule has 0 aromatic heterocycles. The number of halogens is 12. The van der Waals surface area contributed by atoms with Crippen LogP contribution in [-0.4, -0.2) is 60.2 Å². The third-order valence-corrected chi connectivity index (χ3v) is 3.53. The highest BCUT2D eigenvalue weighted by atomic mass is 19.4.